The van der Waals surface area contributed by atoms with E-state index in [2.05, 4.69) is 34.7 Å². The fraction of sp³-hybridized carbons (Fsp3) is 0.0833. The van der Waals surface area contributed by atoms with Gasteiger partial charge in [-0.2, -0.15) is 0 Å². The average Bonchev–Trinajstić information content (AvgIpc) is 2.26. The maximum absolute atomic E-state index is 10.1. The fourth-order valence-corrected chi connectivity index (χ4v) is 1.85. The Hall–Kier alpha value is -1.10. The molecule has 3 heteroatoms. The quantitative estimate of drug-likeness (QED) is 0.644. The van der Waals surface area contributed by atoms with Gasteiger partial charge in [-0.05, 0) is 51.6 Å². The Kier molecular flexibility index (Phi) is 3.20. The largest absolute Gasteiger partial charge is 0.485 e. The van der Waals surface area contributed by atoms with E-state index in [0.29, 0.717) is 5.75 Å². The lowest BCUT2D eigenvalue weighted by Gasteiger charge is -2.03. The molecular weight excluding hydrogens is 303 g/mol. The summed E-state index contributed by atoms with van der Waals surface area (Å²) in [5.74, 6) is 0.607. The van der Waals surface area contributed by atoms with Gasteiger partial charge < -0.3 is 4.74 Å². The maximum Gasteiger partial charge on any atom is 0.157 e. The first-order valence-corrected chi connectivity index (χ1v) is 5.55. The smallest absolute Gasteiger partial charge is 0.157 e. The fourth-order valence-electron chi connectivity index (χ4n) is 1.33. The zero-order valence-corrected chi connectivity index (χ0v) is 10.0. The van der Waals surface area contributed by atoms with Gasteiger partial charge in [-0.1, -0.05) is 12.1 Å². The monoisotopic (exact) mass is 311 g/mol. The number of aldehydes is 1. The number of benzene rings is 2. The highest BCUT2D eigenvalue weighted by molar-refractivity contribution is 14.1. The minimum absolute atomic E-state index is 0.0758. The molecule has 0 aromatic heterocycles. The molecule has 15 heavy (non-hydrogen) atoms. The van der Waals surface area contributed by atoms with Crippen molar-refractivity contribution >= 4 is 39.6 Å². The zero-order chi connectivity index (χ0) is 10.7. The lowest BCUT2D eigenvalue weighted by molar-refractivity contribution is -0.109. The molecule has 0 fully saturated rings. The highest BCUT2D eigenvalue weighted by Crippen LogP contribution is 2.21. The second-order valence-corrected chi connectivity index (χ2v) is 4.28. The molecule has 2 aromatic rings. The SMILES string of the molecule is O=CCOc1[c]c2ccc(I)cc2cc1. The summed E-state index contributed by atoms with van der Waals surface area (Å²) in [6.07, 6.45) is 0.728. The molecule has 0 aliphatic carbocycles. The van der Waals surface area contributed by atoms with Crippen molar-refractivity contribution in [2.45, 2.75) is 0 Å². The van der Waals surface area contributed by atoms with Crippen LogP contribution < -0.4 is 4.74 Å². The Morgan fingerprint density at radius 1 is 1.33 bits per heavy atom. The van der Waals surface area contributed by atoms with Crippen LogP contribution >= 0.6 is 22.6 Å². The number of carbonyl (C=O) groups is 1. The second kappa shape index (κ2) is 4.61. The van der Waals surface area contributed by atoms with Crippen LogP contribution in [-0.4, -0.2) is 12.9 Å². The Balaban J connectivity index is 2.38. The predicted octanol–water partition coefficient (Wildman–Crippen LogP) is 2.82. The van der Waals surface area contributed by atoms with E-state index in [4.69, 9.17) is 4.74 Å². The number of rotatable bonds is 3. The molecule has 1 radical (unpaired) electrons. The summed E-state index contributed by atoms with van der Waals surface area (Å²) in [6, 6.07) is 13.0. The lowest BCUT2D eigenvalue weighted by Crippen LogP contribution is -1.97. The van der Waals surface area contributed by atoms with Crippen LogP contribution in [0.5, 0.6) is 5.75 Å². The van der Waals surface area contributed by atoms with Crippen molar-refractivity contribution in [1.29, 1.82) is 0 Å². The summed E-state index contributed by atoms with van der Waals surface area (Å²) in [5.41, 5.74) is 0. The number of hydrogen-bond acceptors (Lipinski definition) is 2. The van der Waals surface area contributed by atoms with Gasteiger partial charge in [0.1, 0.15) is 12.4 Å². The maximum atomic E-state index is 10.1. The molecule has 0 saturated heterocycles. The van der Waals surface area contributed by atoms with Crippen molar-refractivity contribution < 1.29 is 9.53 Å². The van der Waals surface area contributed by atoms with E-state index in [9.17, 15) is 4.79 Å². The Morgan fingerprint density at radius 2 is 2.20 bits per heavy atom. The standard InChI is InChI=1S/C12H8IO2/c13-11-3-1-10-8-12(15-6-5-14)4-2-9(10)7-11/h1-5,7H,6H2. The molecule has 0 amide bonds. The van der Waals surface area contributed by atoms with E-state index in [0.717, 1.165) is 17.1 Å². The molecule has 0 aliphatic rings. The van der Waals surface area contributed by atoms with Crippen molar-refractivity contribution in [3.05, 3.63) is 40.0 Å². The van der Waals surface area contributed by atoms with Crippen LogP contribution in [0.1, 0.15) is 0 Å². The first-order valence-electron chi connectivity index (χ1n) is 4.47. The molecule has 2 aromatic carbocycles. The Labute approximate surface area is 101 Å². The molecule has 0 aliphatic heterocycles. The molecule has 0 atom stereocenters. The normalized spacial score (nSPS) is 10.2. The van der Waals surface area contributed by atoms with E-state index in [1.807, 2.05) is 24.3 Å². The molecule has 0 spiro atoms. The van der Waals surface area contributed by atoms with Gasteiger partial charge in [-0.3, -0.25) is 4.79 Å². The van der Waals surface area contributed by atoms with Gasteiger partial charge in [-0.15, -0.1) is 0 Å². The van der Waals surface area contributed by atoms with Gasteiger partial charge in [0.05, 0.1) is 0 Å². The third-order valence-electron chi connectivity index (χ3n) is 1.99. The molecular formula is C12H8IO2. The van der Waals surface area contributed by atoms with Crippen molar-refractivity contribution in [2.24, 2.45) is 0 Å². The minimum Gasteiger partial charge on any atom is -0.485 e. The van der Waals surface area contributed by atoms with E-state index in [1.165, 1.54) is 3.57 Å². The number of carbonyl (C=O) groups excluding carboxylic acids is 1. The zero-order valence-electron chi connectivity index (χ0n) is 7.87. The summed E-state index contributed by atoms with van der Waals surface area (Å²) in [7, 11) is 0. The molecule has 75 valence electrons. The summed E-state index contributed by atoms with van der Waals surface area (Å²) in [4.78, 5) is 10.1. The van der Waals surface area contributed by atoms with Gasteiger partial charge in [0.25, 0.3) is 0 Å². The van der Waals surface area contributed by atoms with Gasteiger partial charge in [-0.25, -0.2) is 0 Å². The van der Waals surface area contributed by atoms with Crippen LogP contribution in [0.15, 0.2) is 30.3 Å². The van der Waals surface area contributed by atoms with Gasteiger partial charge >= 0.3 is 0 Å². The summed E-state index contributed by atoms with van der Waals surface area (Å²) in [5, 5.41) is 2.12. The highest BCUT2D eigenvalue weighted by atomic mass is 127. The van der Waals surface area contributed by atoms with Gasteiger partial charge in [0.2, 0.25) is 0 Å². The molecule has 0 N–H and O–H groups in total. The summed E-state index contributed by atoms with van der Waals surface area (Å²) < 4.78 is 6.36. The Morgan fingerprint density at radius 3 is 3.00 bits per heavy atom. The van der Waals surface area contributed by atoms with Crippen molar-refractivity contribution in [3.8, 4) is 5.75 Å². The number of hydrogen-bond donors (Lipinski definition) is 0. The molecule has 0 saturated carbocycles. The third-order valence-corrected chi connectivity index (χ3v) is 2.66. The van der Waals surface area contributed by atoms with Crippen molar-refractivity contribution in [2.75, 3.05) is 6.61 Å². The van der Waals surface area contributed by atoms with Gasteiger partial charge in [0, 0.05) is 9.64 Å². The lowest BCUT2D eigenvalue weighted by atomic mass is 10.1. The first kappa shape index (κ1) is 10.4. The topological polar surface area (TPSA) is 26.3 Å². The highest BCUT2D eigenvalue weighted by Gasteiger charge is 1.98. The Bertz CT molecular complexity index is 494. The average molecular weight is 311 g/mol. The van der Waals surface area contributed by atoms with Crippen LogP contribution in [0.4, 0.5) is 0 Å². The summed E-state index contributed by atoms with van der Waals surface area (Å²) >= 11 is 2.27. The van der Waals surface area contributed by atoms with Gasteiger partial charge in [0.15, 0.2) is 6.29 Å². The number of halogens is 1. The third kappa shape index (κ3) is 2.47. The number of fused-ring (bicyclic) bond motifs is 1. The van der Waals surface area contributed by atoms with Crippen LogP contribution in [0.3, 0.4) is 0 Å². The predicted molar refractivity (Wildman–Crippen MR) is 67.1 cm³/mol. The van der Waals surface area contributed by atoms with E-state index in [-0.39, 0.29) is 6.61 Å². The van der Waals surface area contributed by atoms with Crippen LogP contribution in [-0.2, 0) is 4.79 Å². The van der Waals surface area contributed by atoms with Crippen LogP contribution in [0, 0.1) is 9.64 Å². The van der Waals surface area contributed by atoms with Crippen molar-refractivity contribution in [3.63, 3.8) is 0 Å². The molecule has 0 heterocycles. The van der Waals surface area contributed by atoms with Crippen molar-refractivity contribution in [1.82, 2.24) is 0 Å². The van der Waals surface area contributed by atoms with E-state index >= 15 is 0 Å². The summed E-state index contributed by atoms with van der Waals surface area (Å²) in [6.45, 7) is 0.0758. The number of ether oxygens (including phenoxy) is 1. The minimum atomic E-state index is 0.0758. The molecule has 0 bridgehead atoms. The molecule has 2 nitrogen and oxygen atoms in total. The van der Waals surface area contributed by atoms with Crippen LogP contribution in [0.2, 0.25) is 0 Å². The van der Waals surface area contributed by atoms with Crippen LogP contribution in [0.25, 0.3) is 10.8 Å². The molecule has 2 rings (SSSR count). The van der Waals surface area contributed by atoms with E-state index in [1.54, 1.807) is 0 Å². The molecule has 0 unspecified atom stereocenters. The second-order valence-electron chi connectivity index (χ2n) is 3.03. The van der Waals surface area contributed by atoms with E-state index < -0.39 is 0 Å². The first-order chi connectivity index (χ1) is 7.29.